The fourth-order valence-corrected chi connectivity index (χ4v) is 4.89. The molecule has 0 aliphatic heterocycles. The van der Waals surface area contributed by atoms with Crippen molar-refractivity contribution in [2.45, 2.75) is 71.4 Å². The average Bonchev–Trinajstić information content (AvgIpc) is 2.86. The van der Waals surface area contributed by atoms with E-state index >= 15 is 0 Å². The molecule has 0 spiro atoms. The molecule has 1 fully saturated rings. The molecule has 0 aromatic heterocycles. The highest BCUT2D eigenvalue weighted by Gasteiger charge is 2.28. The molecule has 0 heterocycles. The van der Waals surface area contributed by atoms with Crippen LogP contribution in [0.2, 0.25) is 5.02 Å². The van der Waals surface area contributed by atoms with Crippen molar-refractivity contribution >= 4 is 23.5 Å². The van der Waals surface area contributed by atoms with E-state index in [2.05, 4.69) is 36.2 Å². The van der Waals surface area contributed by atoms with Gasteiger partial charge in [0, 0.05) is 36.8 Å². The van der Waals surface area contributed by atoms with E-state index in [1.807, 2.05) is 32.7 Å². The van der Waals surface area contributed by atoms with Gasteiger partial charge in [-0.05, 0) is 101 Å². The van der Waals surface area contributed by atoms with E-state index in [1.54, 1.807) is 24.3 Å². The Bertz CT molecular complexity index is 990. The fourth-order valence-electron chi connectivity index (χ4n) is 4.76. The summed E-state index contributed by atoms with van der Waals surface area (Å²) in [7, 11) is 4.02. The highest BCUT2D eigenvalue weighted by atomic mass is 35.5. The summed E-state index contributed by atoms with van der Waals surface area (Å²) in [6.45, 7) is 7.84. The van der Waals surface area contributed by atoms with Gasteiger partial charge >= 0.3 is 5.97 Å². The molecule has 0 radical (unpaired) electrons. The second-order valence-electron chi connectivity index (χ2n) is 11.1. The zero-order valence-electron chi connectivity index (χ0n) is 22.4. The van der Waals surface area contributed by atoms with Gasteiger partial charge in [0.2, 0.25) is 0 Å². The Morgan fingerprint density at radius 2 is 1.56 bits per heavy atom. The lowest BCUT2D eigenvalue weighted by Gasteiger charge is -2.35. The molecule has 2 aromatic rings. The first-order chi connectivity index (χ1) is 17.0. The molecule has 36 heavy (non-hydrogen) atoms. The van der Waals surface area contributed by atoms with Crippen LogP contribution in [0.4, 0.5) is 0 Å². The smallest absolute Gasteiger partial charge is 0.311 e. The van der Waals surface area contributed by atoms with Gasteiger partial charge in [-0.15, -0.1) is 0 Å². The van der Waals surface area contributed by atoms with E-state index in [0.717, 1.165) is 45.2 Å². The molecule has 0 bridgehead atoms. The van der Waals surface area contributed by atoms with Crippen LogP contribution in [-0.4, -0.2) is 55.0 Å². The average molecular weight is 513 g/mol. The lowest BCUT2D eigenvalue weighted by Crippen LogP contribution is -2.39. The molecular weight excluding hydrogens is 472 g/mol. The van der Waals surface area contributed by atoms with Crippen molar-refractivity contribution in [1.29, 1.82) is 0 Å². The fraction of sp³-hybridized carbons (Fsp3) is 0.533. The predicted molar refractivity (Wildman–Crippen MR) is 146 cm³/mol. The number of ether oxygens (including phenoxy) is 1. The summed E-state index contributed by atoms with van der Waals surface area (Å²) in [4.78, 5) is 28.9. The third-order valence-electron chi connectivity index (χ3n) is 7.09. The largest absolute Gasteiger partial charge is 0.465 e. The van der Waals surface area contributed by atoms with E-state index in [9.17, 15) is 9.59 Å². The second kappa shape index (κ2) is 12.7. The van der Waals surface area contributed by atoms with Crippen LogP contribution in [0.15, 0.2) is 48.5 Å². The molecule has 2 aromatic carbocycles. The molecule has 0 atom stereocenters. The summed E-state index contributed by atoms with van der Waals surface area (Å²) >= 11 is 5.96. The number of carbonyl (C=O) groups is 2. The molecule has 0 saturated heterocycles. The minimum Gasteiger partial charge on any atom is -0.465 e. The van der Waals surface area contributed by atoms with Gasteiger partial charge in [0.05, 0.1) is 12.0 Å². The Morgan fingerprint density at radius 1 is 0.944 bits per heavy atom. The van der Waals surface area contributed by atoms with Gasteiger partial charge < -0.3 is 14.5 Å². The van der Waals surface area contributed by atoms with Gasteiger partial charge in [-0.25, -0.2) is 0 Å². The second-order valence-corrected chi connectivity index (χ2v) is 11.6. The highest BCUT2D eigenvalue weighted by molar-refractivity contribution is 6.30. The summed E-state index contributed by atoms with van der Waals surface area (Å²) in [6, 6.07) is 16.4. The topological polar surface area (TPSA) is 49.9 Å². The third kappa shape index (κ3) is 8.07. The molecule has 0 N–H and O–H groups in total. The molecular formula is C30H41ClN2O3. The summed E-state index contributed by atoms with van der Waals surface area (Å²) < 4.78 is 5.36. The van der Waals surface area contributed by atoms with Crippen molar-refractivity contribution in [3.05, 3.63) is 70.2 Å². The molecule has 6 heteroatoms. The highest BCUT2D eigenvalue weighted by Crippen LogP contribution is 2.35. The van der Waals surface area contributed by atoms with Crippen molar-refractivity contribution in [2.75, 3.05) is 27.2 Å². The SMILES string of the molecule is CN(CCCOC(=O)C(C)(C)C)Cc1ccc([C@H]2CC[C@H](N(C)C(=O)c3ccc(Cl)cc3)CC2)cc1. The first-order valence-corrected chi connectivity index (χ1v) is 13.4. The maximum Gasteiger partial charge on any atom is 0.311 e. The number of amides is 1. The van der Waals surface area contributed by atoms with Crippen LogP contribution < -0.4 is 0 Å². The molecule has 5 nitrogen and oxygen atoms in total. The monoisotopic (exact) mass is 512 g/mol. The zero-order chi connectivity index (χ0) is 26.3. The minimum absolute atomic E-state index is 0.0657. The van der Waals surface area contributed by atoms with E-state index in [1.165, 1.54) is 11.1 Å². The molecule has 1 aliphatic carbocycles. The van der Waals surface area contributed by atoms with Gasteiger partial charge in [-0.2, -0.15) is 0 Å². The summed E-state index contributed by atoms with van der Waals surface area (Å²) in [5.74, 6) is 0.468. The van der Waals surface area contributed by atoms with Gasteiger partial charge in [0.15, 0.2) is 0 Å². The number of esters is 1. The predicted octanol–water partition coefficient (Wildman–Crippen LogP) is 6.55. The number of halogens is 1. The van der Waals surface area contributed by atoms with Crippen LogP contribution in [0.3, 0.4) is 0 Å². The normalized spacial score (nSPS) is 18.2. The number of hydrogen-bond donors (Lipinski definition) is 0. The molecule has 1 amide bonds. The van der Waals surface area contributed by atoms with Crippen LogP contribution in [0, 0.1) is 5.41 Å². The van der Waals surface area contributed by atoms with Crippen molar-refractivity contribution < 1.29 is 14.3 Å². The Balaban J connectivity index is 1.41. The van der Waals surface area contributed by atoms with E-state index < -0.39 is 5.41 Å². The quantitative estimate of drug-likeness (QED) is 0.282. The van der Waals surface area contributed by atoms with Gasteiger partial charge in [0.1, 0.15) is 0 Å². The van der Waals surface area contributed by atoms with Crippen molar-refractivity contribution in [3.63, 3.8) is 0 Å². The first kappa shape index (κ1) is 28.2. The maximum absolute atomic E-state index is 12.8. The van der Waals surface area contributed by atoms with E-state index in [-0.39, 0.29) is 17.9 Å². The van der Waals surface area contributed by atoms with Crippen LogP contribution >= 0.6 is 11.6 Å². The summed E-state index contributed by atoms with van der Waals surface area (Å²) in [5.41, 5.74) is 2.92. The Kier molecular flexibility index (Phi) is 9.98. The molecule has 1 aliphatic rings. The molecule has 3 rings (SSSR count). The molecule has 1 saturated carbocycles. The molecule has 196 valence electrons. The van der Waals surface area contributed by atoms with Gasteiger partial charge in [0.25, 0.3) is 5.91 Å². The lowest BCUT2D eigenvalue weighted by atomic mass is 9.81. The van der Waals surface area contributed by atoms with E-state index in [0.29, 0.717) is 23.1 Å². The van der Waals surface area contributed by atoms with Crippen molar-refractivity contribution in [3.8, 4) is 0 Å². The number of carbonyl (C=O) groups excluding carboxylic acids is 2. The van der Waals surface area contributed by atoms with Crippen LogP contribution in [0.5, 0.6) is 0 Å². The first-order valence-electron chi connectivity index (χ1n) is 13.0. The van der Waals surface area contributed by atoms with Gasteiger partial charge in [-0.1, -0.05) is 35.9 Å². The summed E-state index contributed by atoms with van der Waals surface area (Å²) in [6.07, 6.45) is 5.05. The number of nitrogens with zero attached hydrogens (tertiary/aromatic N) is 2. The number of hydrogen-bond acceptors (Lipinski definition) is 4. The Labute approximate surface area is 221 Å². The van der Waals surface area contributed by atoms with Crippen molar-refractivity contribution in [2.24, 2.45) is 5.41 Å². The van der Waals surface area contributed by atoms with Crippen molar-refractivity contribution in [1.82, 2.24) is 9.80 Å². The van der Waals surface area contributed by atoms with E-state index in [4.69, 9.17) is 16.3 Å². The lowest BCUT2D eigenvalue weighted by molar-refractivity contribution is -0.153. The number of rotatable bonds is 9. The molecule has 0 unspecified atom stereocenters. The van der Waals surface area contributed by atoms with Crippen LogP contribution in [0.25, 0.3) is 0 Å². The zero-order valence-corrected chi connectivity index (χ0v) is 23.2. The Hall–Kier alpha value is -2.37. The standard InChI is InChI=1S/C30H41ClN2O3/c1-30(2,3)29(35)36-20-6-19-32(4)21-22-7-9-23(10-8-22)24-13-17-27(18-14-24)33(5)28(34)25-11-15-26(31)16-12-25/h7-12,15-16,24,27H,6,13-14,17-21H2,1-5H3/t24-,27-. The number of benzene rings is 2. The van der Waals surface area contributed by atoms with Gasteiger partial charge in [-0.3, -0.25) is 9.59 Å². The Morgan fingerprint density at radius 3 is 2.14 bits per heavy atom. The third-order valence-corrected chi connectivity index (χ3v) is 7.34. The maximum atomic E-state index is 12.8. The van der Waals surface area contributed by atoms with Crippen LogP contribution in [-0.2, 0) is 16.1 Å². The minimum atomic E-state index is -0.447. The summed E-state index contributed by atoms with van der Waals surface area (Å²) in [5, 5.41) is 0.645. The van der Waals surface area contributed by atoms with Crippen LogP contribution in [0.1, 0.15) is 80.3 Å².